The zero-order valence-electron chi connectivity index (χ0n) is 10.6. The molecule has 0 unspecified atom stereocenters. The third-order valence-electron chi connectivity index (χ3n) is 3.12. The second kappa shape index (κ2) is 4.45. The number of rotatable bonds is 1. The Bertz CT molecular complexity index is 893. The van der Waals surface area contributed by atoms with Crippen LogP contribution in [0.1, 0.15) is 0 Å². The van der Waals surface area contributed by atoms with Crippen molar-refractivity contribution in [2.45, 2.75) is 0 Å². The summed E-state index contributed by atoms with van der Waals surface area (Å²) in [6.45, 7) is 0. The zero-order chi connectivity index (χ0) is 15.1. The lowest BCUT2D eigenvalue weighted by molar-refractivity contribution is 0.405. The normalized spacial score (nSPS) is 10.9. The molecule has 21 heavy (non-hydrogen) atoms. The largest absolute Gasteiger partial charge is 0.508 e. The molecule has 0 radical (unpaired) electrons. The summed E-state index contributed by atoms with van der Waals surface area (Å²) in [5.74, 6) is -1.86. The first-order valence-electron chi connectivity index (χ1n) is 5.99. The molecule has 0 aliphatic rings. The highest BCUT2D eigenvalue weighted by atomic mass is 16.4. The van der Waals surface area contributed by atoms with E-state index < -0.39 is 22.7 Å². The van der Waals surface area contributed by atoms with Crippen LogP contribution in [0.15, 0.2) is 45.6 Å². The van der Waals surface area contributed by atoms with E-state index in [4.69, 9.17) is 4.42 Å². The Labute approximate surface area is 117 Å². The van der Waals surface area contributed by atoms with Crippen LogP contribution >= 0.6 is 0 Å². The molecule has 0 bridgehead atoms. The average molecular weight is 286 g/mol. The number of fused-ring (bicyclic) bond motifs is 1. The second-order valence-electron chi connectivity index (χ2n) is 4.46. The second-order valence-corrected chi connectivity index (χ2v) is 4.46. The lowest BCUT2D eigenvalue weighted by Gasteiger charge is -2.07. The Balaban J connectivity index is 2.36. The van der Waals surface area contributed by atoms with E-state index in [9.17, 15) is 25.2 Å². The maximum atomic E-state index is 12.1. The van der Waals surface area contributed by atoms with E-state index in [1.807, 2.05) is 0 Å². The Kier molecular flexibility index (Phi) is 2.72. The highest BCUT2D eigenvalue weighted by molar-refractivity contribution is 5.89. The van der Waals surface area contributed by atoms with Crippen LogP contribution in [0.2, 0.25) is 0 Å². The van der Waals surface area contributed by atoms with Gasteiger partial charge in [0.1, 0.15) is 16.7 Å². The van der Waals surface area contributed by atoms with Crippen LogP contribution in [0, 0.1) is 0 Å². The number of benzene rings is 2. The van der Waals surface area contributed by atoms with Crippen LogP contribution in [-0.2, 0) is 0 Å². The van der Waals surface area contributed by atoms with E-state index >= 15 is 0 Å². The molecule has 6 heteroatoms. The van der Waals surface area contributed by atoms with Gasteiger partial charge in [-0.2, -0.15) is 0 Å². The Morgan fingerprint density at radius 3 is 2.14 bits per heavy atom. The molecule has 0 fully saturated rings. The van der Waals surface area contributed by atoms with Crippen LogP contribution in [0.3, 0.4) is 0 Å². The van der Waals surface area contributed by atoms with Gasteiger partial charge < -0.3 is 24.8 Å². The summed E-state index contributed by atoms with van der Waals surface area (Å²) in [5, 5.41) is 38.0. The lowest BCUT2D eigenvalue weighted by Crippen LogP contribution is -2.03. The molecule has 106 valence electrons. The standard InChI is InChI=1S/C15H10O6/c16-8-3-1-7(2-4-8)15-14(20)13(19)11-10(21-15)6-5-9(17)12(11)18/h1-6,16-18,20H. The van der Waals surface area contributed by atoms with Crippen molar-refractivity contribution >= 4 is 11.0 Å². The molecule has 6 nitrogen and oxygen atoms in total. The van der Waals surface area contributed by atoms with E-state index in [0.717, 1.165) is 0 Å². The summed E-state index contributed by atoms with van der Waals surface area (Å²) in [5.41, 5.74) is -0.444. The van der Waals surface area contributed by atoms with Gasteiger partial charge in [0.2, 0.25) is 11.2 Å². The molecule has 4 N–H and O–H groups in total. The lowest BCUT2D eigenvalue weighted by atomic mass is 10.1. The summed E-state index contributed by atoms with van der Waals surface area (Å²) in [6, 6.07) is 8.20. The fraction of sp³-hybridized carbons (Fsp3) is 0. The van der Waals surface area contributed by atoms with Gasteiger partial charge in [-0.15, -0.1) is 0 Å². The Morgan fingerprint density at radius 2 is 1.48 bits per heavy atom. The molecule has 0 spiro atoms. The minimum atomic E-state index is -0.854. The molecule has 0 amide bonds. The predicted molar refractivity (Wildman–Crippen MR) is 74.6 cm³/mol. The maximum Gasteiger partial charge on any atom is 0.238 e. The summed E-state index contributed by atoms with van der Waals surface area (Å²) < 4.78 is 5.43. The topological polar surface area (TPSA) is 111 Å². The molecule has 0 atom stereocenters. The zero-order valence-corrected chi connectivity index (χ0v) is 10.6. The molecule has 1 heterocycles. The summed E-state index contributed by atoms with van der Waals surface area (Å²) in [4.78, 5) is 12.1. The van der Waals surface area contributed by atoms with E-state index in [1.165, 1.54) is 36.4 Å². The number of phenols is 3. The SMILES string of the molecule is O=c1c(O)c(-c2ccc(O)cc2)oc2ccc(O)c(O)c12. The van der Waals surface area contributed by atoms with Gasteiger partial charge in [0, 0.05) is 5.56 Å². The summed E-state index contributed by atoms with van der Waals surface area (Å²) in [7, 11) is 0. The number of hydrogen-bond donors (Lipinski definition) is 4. The first kappa shape index (κ1) is 12.9. The minimum absolute atomic E-state index is 0.0242. The van der Waals surface area contributed by atoms with E-state index in [2.05, 4.69) is 0 Å². The fourth-order valence-corrected chi connectivity index (χ4v) is 2.05. The van der Waals surface area contributed by atoms with Crippen molar-refractivity contribution in [1.82, 2.24) is 0 Å². The number of aromatic hydroxyl groups is 4. The molecular formula is C15H10O6. The first-order chi connectivity index (χ1) is 9.99. The highest BCUT2D eigenvalue weighted by Crippen LogP contribution is 2.36. The van der Waals surface area contributed by atoms with Gasteiger partial charge >= 0.3 is 0 Å². The molecule has 3 rings (SSSR count). The molecular weight excluding hydrogens is 276 g/mol. The van der Waals surface area contributed by atoms with Crippen molar-refractivity contribution in [3.8, 4) is 34.3 Å². The monoisotopic (exact) mass is 286 g/mol. The van der Waals surface area contributed by atoms with Gasteiger partial charge in [-0.05, 0) is 36.4 Å². The first-order valence-corrected chi connectivity index (χ1v) is 5.99. The number of phenolic OH excluding ortho intramolecular Hbond substituents is 3. The molecule has 0 aliphatic carbocycles. The van der Waals surface area contributed by atoms with Gasteiger partial charge in [0.15, 0.2) is 17.3 Å². The van der Waals surface area contributed by atoms with Crippen molar-refractivity contribution < 1.29 is 24.8 Å². The third kappa shape index (κ3) is 1.93. The van der Waals surface area contributed by atoms with Gasteiger partial charge in [0.25, 0.3) is 0 Å². The van der Waals surface area contributed by atoms with Crippen LogP contribution < -0.4 is 5.43 Å². The quantitative estimate of drug-likeness (QED) is 0.511. The van der Waals surface area contributed by atoms with Crippen LogP contribution in [0.5, 0.6) is 23.0 Å². The van der Waals surface area contributed by atoms with E-state index in [1.54, 1.807) is 0 Å². The molecule has 1 aromatic heterocycles. The predicted octanol–water partition coefficient (Wildman–Crippen LogP) is 2.28. The van der Waals surface area contributed by atoms with Crippen LogP contribution in [0.4, 0.5) is 0 Å². The smallest absolute Gasteiger partial charge is 0.238 e. The van der Waals surface area contributed by atoms with Gasteiger partial charge in [0.05, 0.1) is 0 Å². The van der Waals surface area contributed by atoms with Crippen molar-refractivity contribution in [2.24, 2.45) is 0 Å². The van der Waals surface area contributed by atoms with Crippen molar-refractivity contribution in [3.63, 3.8) is 0 Å². The van der Waals surface area contributed by atoms with Crippen molar-refractivity contribution in [1.29, 1.82) is 0 Å². The molecule has 2 aromatic carbocycles. The van der Waals surface area contributed by atoms with Gasteiger partial charge in [-0.3, -0.25) is 4.79 Å². The van der Waals surface area contributed by atoms with E-state index in [-0.39, 0.29) is 22.5 Å². The third-order valence-corrected chi connectivity index (χ3v) is 3.12. The van der Waals surface area contributed by atoms with E-state index in [0.29, 0.717) is 5.56 Å². The Hall–Kier alpha value is -3.15. The molecule has 0 saturated heterocycles. The maximum absolute atomic E-state index is 12.1. The van der Waals surface area contributed by atoms with Crippen molar-refractivity contribution in [2.75, 3.05) is 0 Å². The molecule has 0 saturated carbocycles. The molecule has 3 aromatic rings. The van der Waals surface area contributed by atoms with Crippen LogP contribution in [0.25, 0.3) is 22.3 Å². The summed E-state index contributed by atoms with van der Waals surface area (Å²) >= 11 is 0. The molecule has 0 aliphatic heterocycles. The van der Waals surface area contributed by atoms with Gasteiger partial charge in [-0.25, -0.2) is 0 Å². The average Bonchev–Trinajstić information content (AvgIpc) is 2.47. The van der Waals surface area contributed by atoms with Crippen molar-refractivity contribution in [3.05, 3.63) is 46.6 Å². The van der Waals surface area contributed by atoms with Crippen LogP contribution in [-0.4, -0.2) is 20.4 Å². The highest BCUT2D eigenvalue weighted by Gasteiger charge is 2.19. The fourth-order valence-electron chi connectivity index (χ4n) is 2.05. The summed E-state index contributed by atoms with van der Waals surface area (Å²) in [6.07, 6.45) is 0. The Morgan fingerprint density at radius 1 is 0.810 bits per heavy atom. The number of hydrogen-bond acceptors (Lipinski definition) is 6. The van der Waals surface area contributed by atoms with Gasteiger partial charge in [-0.1, -0.05) is 0 Å². The minimum Gasteiger partial charge on any atom is -0.508 e.